The maximum atomic E-state index is 4.82. The van der Waals surface area contributed by atoms with Gasteiger partial charge in [-0.15, -0.1) is 0 Å². The number of rotatable bonds is 5. The van der Waals surface area contributed by atoms with E-state index in [1.54, 1.807) is 0 Å². The lowest BCUT2D eigenvalue weighted by Crippen LogP contribution is -2.28. The van der Waals surface area contributed by atoms with Crippen molar-refractivity contribution >= 4 is 0 Å². The first-order chi connectivity index (χ1) is 12.3. The van der Waals surface area contributed by atoms with Gasteiger partial charge in [0.15, 0.2) is 0 Å². The van der Waals surface area contributed by atoms with E-state index in [0.29, 0.717) is 0 Å². The molecular formula is C20H25N5. The van der Waals surface area contributed by atoms with Crippen LogP contribution in [0.4, 0.5) is 0 Å². The maximum Gasteiger partial charge on any atom is 0.0945 e. The summed E-state index contributed by atoms with van der Waals surface area (Å²) in [6.07, 6.45) is 9.06. The molecule has 0 saturated carbocycles. The predicted octanol–water partition coefficient (Wildman–Crippen LogP) is 2.77. The predicted molar refractivity (Wildman–Crippen MR) is 99.3 cm³/mol. The minimum atomic E-state index is 1.04. The molecule has 25 heavy (non-hydrogen) atoms. The second kappa shape index (κ2) is 7.23. The van der Waals surface area contributed by atoms with Crippen molar-refractivity contribution in [3.8, 4) is 11.3 Å². The van der Waals surface area contributed by atoms with E-state index in [2.05, 4.69) is 56.5 Å². The number of hydrogen-bond acceptors (Lipinski definition) is 3. The highest BCUT2D eigenvalue weighted by Gasteiger charge is 2.21. The molecule has 0 aliphatic carbocycles. The summed E-state index contributed by atoms with van der Waals surface area (Å²) in [6.45, 7) is 4.39. The van der Waals surface area contributed by atoms with Gasteiger partial charge in [-0.25, -0.2) is 4.98 Å². The van der Waals surface area contributed by atoms with Gasteiger partial charge in [-0.05, 0) is 19.4 Å². The average Bonchev–Trinajstić information content (AvgIpc) is 3.20. The van der Waals surface area contributed by atoms with Crippen LogP contribution in [0.2, 0.25) is 0 Å². The number of fused-ring (bicyclic) bond motifs is 1. The van der Waals surface area contributed by atoms with Crippen LogP contribution in [0.15, 0.2) is 49.1 Å². The Morgan fingerprint density at radius 2 is 1.88 bits per heavy atom. The zero-order valence-corrected chi connectivity index (χ0v) is 14.8. The van der Waals surface area contributed by atoms with E-state index in [4.69, 9.17) is 5.10 Å². The molecule has 3 heterocycles. The lowest BCUT2D eigenvalue weighted by atomic mass is 10.0. The van der Waals surface area contributed by atoms with Crippen LogP contribution in [-0.4, -0.2) is 43.9 Å². The van der Waals surface area contributed by atoms with Gasteiger partial charge in [0.1, 0.15) is 0 Å². The molecule has 4 rings (SSSR count). The maximum absolute atomic E-state index is 4.82. The van der Waals surface area contributed by atoms with Crippen molar-refractivity contribution in [1.29, 1.82) is 0 Å². The average molecular weight is 335 g/mol. The highest BCUT2D eigenvalue weighted by Crippen LogP contribution is 2.28. The lowest BCUT2D eigenvalue weighted by Gasteiger charge is -2.19. The molecule has 1 aliphatic heterocycles. The number of hydrogen-bond donors (Lipinski definition) is 0. The summed E-state index contributed by atoms with van der Waals surface area (Å²) < 4.78 is 4.22. The molecule has 5 heteroatoms. The van der Waals surface area contributed by atoms with Gasteiger partial charge in [-0.1, -0.05) is 30.3 Å². The largest absolute Gasteiger partial charge is 0.337 e. The highest BCUT2D eigenvalue weighted by molar-refractivity contribution is 5.64. The molecule has 0 radical (unpaired) electrons. The van der Waals surface area contributed by atoms with Gasteiger partial charge < -0.3 is 9.47 Å². The Morgan fingerprint density at radius 1 is 1.04 bits per heavy atom. The summed E-state index contributed by atoms with van der Waals surface area (Å²) in [4.78, 5) is 6.69. The molecule has 1 aromatic carbocycles. The molecule has 0 N–H and O–H groups in total. The first-order valence-corrected chi connectivity index (χ1v) is 9.09. The summed E-state index contributed by atoms with van der Waals surface area (Å²) >= 11 is 0. The van der Waals surface area contributed by atoms with Crippen LogP contribution in [0.25, 0.3) is 11.3 Å². The highest BCUT2D eigenvalue weighted by atomic mass is 15.3. The van der Waals surface area contributed by atoms with Gasteiger partial charge in [-0.2, -0.15) is 5.10 Å². The molecule has 130 valence electrons. The van der Waals surface area contributed by atoms with E-state index in [1.165, 1.54) is 22.5 Å². The lowest BCUT2D eigenvalue weighted by molar-refractivity contribution is 0.277. The van der Waals surface area contributed by atoms with E-state index in [-0.39, 0.29) is 0 Å². The Balaban J connectivity index is 1.43. The van der Waals surface area contributed by atoms with Crippen molar-refractivity contribution < 1.29 is 0 Å². The Hall–Kier alpha value is -2.40. The van der Waals surface area contributed by atoms with Crippen molar-refractivity contribution in [3.63, 3.8) is 0 Å². The van der Waals surface area contributed by atoms with Crippen LogP contribution in [0.3, 0.4) is 0 Å². The van der Waals surface area contributed by atoms with E-state index < -0.39 is 0 Å². The summed E-state index contributed by atoms with van der Waals surface area (Å²) in [5.74, 6) is 0. The molecule has 0 spiro atoms. The van der Waals surface area contributed by atoms with Crippen molar-refractivity contribution in [3.05, 3.63) is 60.3 Å². The first kappa shape index (κ1) is 16.1. The first-order valence-electron chi connectivity index (χ1n) is 9.09. The fourth-order valence-corrected chi connectivity index (χ4v) is 3.81. The molecule has 1 aliphatic rings. The number of aromatic nitrogens is 4. The molecule has 0 bridgehead atoms. The minimum absolute atomic E-state index is 1.04. The van der Waals surface area contributed by atoms with E-state index >= 15 is 0 Å². The van der Waals surface area contributed by atoms with E-state index in [0.717, 1.165) is 45.4 Å². The van der Waals surface area contributed by atoms with Gasteiger partial charge in [-0.3, -0.25) is 4.68 Å². The van der Waals surface area contributed by atoms with E-state index in [1.807, 2.05) is 18.7 Å². The monoisotopic (exact) mass is 335 g/mol. The summed E-state index contributed by atoms with van der Waals surface area (Å²) in [6, 6.07) is 10.7. The third kappa shape index (κ3) is 3.51. The zero-order chi connectivity index (χ0) is 17.1. The van der Waals surface area contributed by atoms with Crippen molar-refractivity contribution in [2.24, 2.45) is 7.05 Å². The van der Waals surface area contributed by atoms with Gasteiger partial charge >= 0.3 is 0 Å². The molecule has 0 atom stereocenters. The molecule has 0 amide bonds. The second-order valence-electron chi connectivity index (χ2n) is 6.76. The van der Waals surface area contributed by atoms with E-state index in [9.17, 15) is 0 Å². The van der Waals surface area contributed by atoms with Crippen LogP contribution in [-0.2, 0) is 26.4 Å². The van der Waals surface area contributed by atoms with Crippen molar-refractivity contribution in [1.82, 2.24) is 24.2 Å². The van der Waals surface area contributed by atoms with Gasteiger partial charge in [0.2, 0.25) is 0 Å². The van der Waals surface area contributed by atoms with Crippen LogP contribution < -0.4 is 0 Å². The molecule has 0 saturated heterocycles. The van der Waals surface area contributed by atoms with Crippen molar-refractivity contribution in [2.45, 2.75) is 25.8 Å². The topological polar surface area (TPSA) is 38.9 Å². The molecular weight excluding hydrogens is 310 g/mol. The summed E-state index contributed by atoms with van der Waals surface area (Å²) in [7, 11) is 2.07. The number of benzene rings is 1. The zero-order valence-electron chi connectivity index (χ0n) is 14.8. The van der Waals surface area contributed by atoms with Crippen LogP contribution in [0.1, 0.15) is 17.7 Å². The molecule has 3 aromatic rings. The van der Waals surface area contributed by atoms with Crippen molar-refractivity contribution in [2.75, 3.05) is 19.6 Å². The number of nitrogens with zero attached hydrogens (tertiary/aromatic N) is 5. The van der Waals surface area contributed by atoms with Gasteiger partial charge in [0.25, 0.3) is 0 Å². The normalized spacial score (nSPS) is 15.1. The molecule has 0 fully saturated rings. The molecule has 2 aromatic heterocycles. The summed E-state index contributed by atoms with van der Waals surface area (Å²) in [5.41, 5.74) is 5.27. The molecule has 0 unspecified atom stereocenters. The third-order valence-corrected chi connectivity index (χ3v) is 5.07. The van der Waals surface area contributed by atoms with Crippen LogP contribution in [0.5, 0.6) is 0 Å². The Kier molecular flexibility index (Phi) is 4.65. The van der Waals surface area contributed by atoms with Crippen LogP contribution in [0, 0.1) is 0 Å². The number of aryl methyl sites for hydroxylation is 2. The quantitative estimate of drug-likeness (QED) is 0.720. The minimum Gasteiger partial charge on any atom is -0.337 e. The summed E-state index contributed by atoms with van der Waals surface area (Å²) in [5, 5.41) is 4.82. The SMILES string of the molecule is Cn1nc2c(c1-c1ccccc1)CCN(CCCn1ccnc1)CC2. The van der Waals surface area contributed by atoms with Crippen LogP contribution >= 0.6 is 0 Å². The fraction of sp³-hybridized carbons (Fsp3) is 0.400. The third-order valence-electron chi connectivity index (χ3n) is 5.07. The Morgan fingerprint density at radius 3 is 2.68 bits per heavy atom. The smallest absolute Gasteiger partial charge is 0.0945 e. The standard InChI is InChI=1S/C20H25N5/c1-23-20(17-6-3-2-4-7-17)18-8-13-24(14-9-19(18)22-23)11-5-12-25-15-10-21-16-25/h2-4,6-7,10,15-16H,5,8-9,11-14H2,1H3. The molecule has 5 nitrogen and oxygen atoms in total. The fourth-order valence-electron chi connectivity index (χ4n) is 3.81. The van der Waals surface area contributed by atoms with Gasteiger partial charge in [0.05, 0.1) is 17.7 Å². The van der Waals surface area contributed by atoms with Gasteiger partial charge in [0, 0.05) is 56.6 Å². The second-order valence-corrected chi connectivity index (χ2v) is 6.76. The Labute approximate surface area is 148 Å². The Bertz CT molecular complexity index is 804. The number of imidazole rings is 1.